The smallest absolute Gasteiger partial charge is 0.0314 e. The highest BCUT2D eigenvalue weighted by atomic mass is 15.1. The lowest BCUT2D eigenvalue weighted by Crippen LogP contribution is -2.36. The summed E-state index contributed by atoms with van der Waals surface area (Å²) in [6.45, 7) is 7.27. The second-order valence-corrected chi connectivity index (χ2v) is 6.87. The number of likely N-dealkylation sites (tertiary alicyclic amines) is 1. The zero-order chi connectivity index (χ0) is 15.2. The average molecular weight is 289 g/mol. The molecule has 0 spiro atoms. The summed E-state index contributed by atoms with van der Waals surface area (Å²) >= 11 is 0. The molecule has 0 aromatic heterocycles. The van der Waals surface area contributed by atoms with E-state index in [1.165, 1.54) is 51.0 Å². The van der Waals surface area contributed by atoms with E-state index in [1.807, 2.05) is 12.1 Å². The van der Waals surface area contributed by atoms with Crippen LogP contribution >= 0.6 is 0 Å². The maximum Gasteiger partial charge on any atom is 0.0314 e. The Morgan fingerprint density at radius 1 is 1.24 bits per heavy atom. The van der Waals surface area contributed by atoms with E-state index in [0.717, 1.165) is 11.6 Å². The number of nitrogens with zero attached hydrogens (tertiary/aromatic N) is 2. The van der Waals surface area contributed by atoms with Gasteiger partial charge in [-0.2, -0.15) is 0 Å². The third-order valence-electron chi connectivity index (χ3n) is 4.86. The fourth-order valence-electron chi connectivity index (χ4n) is 3.18. The summed E-state index contributed by atoms with van der Waals surface area (Å²) in [4.78, 5) is 4.96. The second kappa shape index (κ2) is 7.81. The van der Waals surface area contributed by atoms with Gasteiger partial charge in [-0.05, 0) is 82.5 Å². The number of benzene rings is 1. The summed E-state index contributed by atoms with van der Waals surface area (Å²) in [7, 11) is 4.50. The first kappa shape index (κ1) is 16.3. The molecule has 1 aliphatic rings. The minimum Gasteiger partial charge on any atom is -0.399 e. The standard InChI is InChI=1S/C18H31N3/c1-15(17-4-6-18(19)7-5-17)8-11-21(3)14-16-9-12-20(2)13-10-16/h4-7,15-16H,8-14,19H2,1-3H3. The quantitative estimate of drug-likeness (QED) is 0.817. The normalized spacial score (nSPS) is 19.0. The number of piperidine rings is 1. The molecule has 2 N–H and O–H groups in total. The summed E-state index contributed by atoms with van der Waals surface area (Å²) in [5, 5.41) is 0. The van der Waals surface area contributed by atoms with Crippen LogP contribution < -0.4 is 5.73 Å². The fourth-order valence-corrected chi connectivity index (χ4v) is 3.18. The first-order chi connectivity index (χ1) is 10.0. The Morgan fingerprint density at radius 3 is 2.48 bits per heavy atom. The summed E-state index contributed by atoms with van der Waals surface area (Å²) in [6, 6.07) is 8.34. The molecule has 1 aliphatic heterocycles. The predicted octanol–water partition coefficient (Wildman–Crippen LogP) is 3.04. The van der Waals surface area contributed by atoms with Crippen LogP contribution in [0.5, 0.6) is 0 Å². The molecule has 1 aromatic carbocycles. The molecule has 1 unspecified atom stereocenters. The molecule has 1 fully saturated rings. The molecule has 0 saturated carbocycles. The van der Waals surface area contributed by atoms with Crippen molar-refractivity contribution in [2.24, 2.45) is 5.92 Å². The van der Waals surface area contributed by atoms with Gasteiger partial charge in [0, 0.05) is 12.2 Å². The molecule has 21 heavy (non-hydrogen) atoms. The van der Waals surface area contributed by atoms with E-state index in [1.54, 1.807) is 0 Å². The average Bonchev–Trinajstić information content (AvgIpc) is 2.48. The van der Waals surface area contributed by atoms with Crippen LogP contribution in [0.1, 0.15) is 37.7 Å². The van der Waals surface area contributed by atoms with Crippen LogP contribution in [0.4, 0.5) is 5.69 Å². The number of rotatable bonds is 6. The Labute approximate surface area is 130 Å². The highest BCUT2D eigenvalue weighted by Crippen LogP contribution is 2.21. The van der Waals surface area contributed by atoms with Crippen molar-refractivity contribution in [1.29, 1.82) is 0 Å². The molecule has 1 atom stereocenters. The Bertz CT molecular complexity index is 407. The topological polar surface area (TPSA) is 32.5 Å². The van der Waals surface area contributed by atoms with Crippen molar-refractivity contribution >= 4 is 5.69 Å². The van der Waals surface area contributed by atoms with Gasteiger partial charge in [-0.15, -0.1) is 0 Å². The molecular formula is C18H31N3. The van der Waals surface area contributed by atoms with E-state index in [-0.39, 0.29) is 0 Å². The SMILES string of the molecule is CC(CCN(C)CC1CCN(C)CC1)c1ccc(N)cc1. The van der Waals surface area contributed by atoms with E-state index in [4.69, 9.17) is 5.73 Å². The number of nitrogen functional groups attached to an aromatic ring is 1. The van der Waals surface area contributed by atoms with Crippen molar-refractivity contribution < 1.29 is 0 Å². The van der Waals surface area contributed by atoms with Crippen LogP contribution in [-0.2, 0) is 0 Å². The zero-order valence-electron chi connectivity index (χ0n) is 13.9. The van der Waals surface area contributed by atoms with E-state index >= 15 is 0 Å². The molecule has 0 bridgehead atoms. The van der Waals surface area contributed by atoms with Gasteiger partial charge >= 0.3 is 0 Å². The summed E-state index contributed by atoms with van der Waals surface area (Å²) < 4.78 is 0. The van der Waals surface area contributed by atoms with Crippen molar-refractivity contribution in [3.8, 4) is 0 Å². The fraction of sp³-hybridized carbons (Fsp3) is 0.667. The van der Waals surface area contributed by atoms with Gasteiger partial charge in [0.15, 0.2) is 0 Å². The van der Waals surface area contributed by atoms with E-state index in [0.29, 0.717) is 5.92 Å². The third kappa shape index (κ3) is 5.33. The van der Waals surface area contributed by atoms with Crippen molar-refractivity contribution in [2.75, 3.05) is 46.0 Å². The number of hydrogen-bond donors (Lipinski definition) is 1. The minimum atomic E-state index is 0.602. The maximum atomic E-state index is 5.75. The molecule has 3 nitrogen and oxygen atoms in total. The van der Waals surface area contributed by atoms with Crippen molar-refractivity contribution in [1.82, 2.24) is 9.80 Å². The monoisotopic (exact) mass is 289 g/mol. The van der Waals surface area contributed by atoms with Gasteiger partial charge in [0.25, 0.3) is 0 Å². The lowest BCUT2D eigenvalue weighted by atomic mass is 9.95. The first-order valence-electron chi connectivity index (χ1n) is 8.27. The van der Waals surface area contributed by atoms with Crippen LogP contribution in [-0.4, -0.2) is 50.1 Å². The Kier molecular flexibility index (Phi) is 6.07. The van der Waals surface area contributed by atoms with Crippen molar-refractivity contribution in [3.05, 3.63) is 29.8 Å². The predicted molar refractivity (Wildman–Crippen MR) is 91.6 cm³/mol. The molecule has 1 heterocycles. The lowest BCUT2D eigenvalue weighted by molar-refractivity contribution is 0.174. The molecule has 0 aliphatic carbocycles. The molecule has 1 saturated heterocycles. The third-order valence-corrected chi connectivity index (χ3v) is 4.86. The van der Waals surface area contributed by atoms with Crippen molar-refractivity contribution in [3.63, 3.8) is 0 Å². The zero-order valence-corrected chi connectivity index (χ0v) is 13.9. The van der Waals surface area contributed by atoms with Gasteiger partial charge in [-0.3, -0.25) is 0 Å². The molecule has 0 radical (unpaired) electrons. The maximum absolute atomic E-state index is 5.75. The second-order valence-electron chi connectivity index (χ2n) is 6.87. The Morgan fingerprint density at radius 2 is 1.86 bits per heavy atom. The van der Waals surface area contributed by atoms with Gasteiger partial charge in [-0.25, -0.2) is 0 Å². The van der Waals surface area contributed by atoms with Crippen molar-refractivity contribution in [2.45, 2.75) is 32.1 Å². The summed E-state index contributed by atoms with van der Waals surface area (Å²) in [5.41, 5.74) is 8.00. The van der Waals surface area contributed by atoms with Gasteiger partial charge in [0.2, 0.25) is 0 Å². The lowest BCUT2D eigenvalue weighted by Gasteiger charge is -2.32. The van der Waals surface area contributed by atoms with Crippen LogP contribution in [0.15, 0.2) is 24.3 Å². The van der Waals surface area contributed by atoms with E-state index in [9.17, 15) is 0 Å². The molecule has 3 heteroatoms. The van der Waals surface area contributed by atoms with Crippen LogP contribution in [0.2, 0.25) is 0 Å². The number of anilines is 1. The number of hydrogen-bond acceptors (Lipinski definition) is 3. The van der Waals surface area contributed by atoms with Gasteiger partial charge in [0.05, 0.1) is 0 Å². The number of nitrogens with two attached hydrogens (primary N) is 1. The Balaban J connectivity index is 1.70. The molecule has 2 rings (SSSR count). The van der Waals surface area contributed by atoms with Crippen LogP contribution in [0.3, 0.4) is 0 Å². The highest BCUT2D eigenvalue weighted by Gasteiger charge is 2.18. The molecule has 118 valence electrons. The molecule has 0 amide bonds. The highest BCUT2D eigenvalue weighted by molar-refractivity contribution is 5.40. The van der Waals surface area contributed by atoms with E-state index in [2.05, 4.69) is 43.0 Å². The summed E-state index contributed by atoms with van der Waals surface area (Å²) in [5.74, 6) is 1.49. The van der Waals surface area contributed by atoms with Crippen LogP contribution in [0.25, 0.3) is 0 Å². The molecular weight excluding hydrogens is 258 g/mol. The first-order valence-corrected chi connectivity index (χ1v) is 8.27. The van der Waals surface area contributed by atoms with Gasteiger partial charge in [-0.1, -0.05) is 19.1 Å². The van der Waals surface area contributed by atoms with Gasteiger partial charge < -0.3 is 15.5 Å². The minimum absolute atomic E-state index is 0.602. The molecule has 1 aromatic rings. The Hall–Kier alpha value is -1.06. The van der Waals surface area contributed by atoms with Crippen LogP contribution in [0, 0.1) is 5.92 Å². The largest absolute Gasteiger partial charge is 0.399 e. The van der Waals surface area contributed by atoms with Gasteiger partial charge in [0.1, 0.15) is 0 Å². The summed E-state index contributed by atoms with van der Waals surface area (Å²) in [6.07, 6.45) is 3.93. The van der Waals surface area contributed by atoms with E-state index < -0.39 is 0 Å².